The third kappa shape index (κ3) is 2.08. The van der Waals surface area contributed by atoms with E-state index in [0.29, 0.717) is 7.36 Å². The Hall–Kier alpha value is 0.0800. The average Bonchev–Trinajstić information content (AvgIpc) is 1.41. The minimum absolute atomic E-state index is 0.564. The standard InChI is InChI=1S/C2HPS/c1-2-3-4/h1H/i1T. The van der Waals surface area contributed by atoms with Crippen molar-refractivity contribution in [1.82, 2.24) is 0 Å². The van der Waals surface area contributed by atoms with Crippen LogP contribution in [-0.4, -0.2) is 0 Å². The summed E-state index contributed by atoms with van der Waals surface area (Å²) in [5.41, 5.74) is 2.31. The van der Waals surface area contributed by atoms with Crippen LogP contribution < -0.4 is 0 Å². The van der Waals surface area contributed by atoms with Crippen molar-refractivity contribution in [3.8, 4) is 12.1 Å². The molecule has 0 aliphatic carbocycles. The predicted octanol–water partition coefficient (Wildman–Crippen LogP) is 0.985. The molecule has 4 heavy (non-hydrogen) atoms. The molecule has 0 radical (unpaired) electrons. The van der Waals surface area contributed by atoms with E-state index >= 15 is 0 Å². The summed E-state index contributed by atoms with van der Waals surface area (Å²) in [7, 11) is 0.564. The van der Waals surface area contributed by atoms with Crippen LogP contribution in [0.4, 0.5) is 0 Å². The van der Waals surface area contributed by atoms with Gasteiger partial charge in [-0.05, 0) is 17.5 Å². The monoisotopic (exact) mass is 90.0 g/mol. The lowest BCUT2D eigenvalue weighted by molar-refractivity contribution is 3.16. The van der Waals surface area contributed by atoms with Crippen LogP contribution >= 0.6 is 7.36 Å². The summed E-state index contributed by atoms with van der Waals surface area (Å²) in [6.07, 6.45) is 1.90. The van der Waals surface area contributed by atoms with Gasteiger partial charge in [0.1, 0.15) is 1.37 Å². The van der Waals surface area contributed by atoms with E-state index in [4.69, 9.17) is 1.37 Å². The normalized spacial score (nSPS) is 7.50. The topological polar surface area (TPSA) is 0 Å². The maximum atomic E-state index is 6.17. The SMILES string of the molecule is [3H]C#CP=S. The van der Waals surface area contributed by atoms with E-state index in [1.807, 2.05) is 6.40 Å². The molecular weight excluding hydrogens is 87.1 g/mol. The minimum Gasteiger partial charge on any atom is -0.109 e. The second-order valence-corrected chi connectivity index (χ2v) is 1.16. The molecule has 0 saturated carbocycles. The Morgan fingerprint density at radius 3 is 3.25 bits per heavy atom. The van der Waals surface area contributed by atoms with Gasteiger partial charge in [0.2, 0.25) is 0 Å². The van der Waals surface area contributed by atoms with Crippen molar-refractivity contribution in [3.63, 3.8) is 0 Å². The number of hydrogen-bond acceptors (Lipinski definition) is 1. The zero-order chi connectivity index (χ0) is 4.12. The first-order valence-electron chi connectivity index (χ1n) is 1.16. The molecule has 0 rings (SSSR count). The Morgan fingerprint density at radius 2 is 3.25 bits per heavy atom. The molecule has 20 valence electrons. The summed E-state index contributed by atoms with van der Waals surface area (Å²) < 4.78 is 6.17. The molecule has 0 spiro atoms. The van der Waals surface area contributed by atoms with Crippen molar-refractivity contribution in [1.29, 1.82) is 0 Å². The first-order valence-corrected chi connectivity index (χ1v) is 2.56. The molecule has 0 bridgehead atoms. The summed E-state index contributed by atoms with van der Waals surface area (Å²) in [6.45, 7) is 0. The maximum absolute atomic E-state index is 6.17. The quantitative estimate of drug-likeness (QED) is 0.315. The molecule has 0 saturated heterocycles. The van der Waals surface area contributed by atoms with E-state index in [-0.39, 0.29) is 0 Å². The third-order valence-corrected chi connectivity index (χ3v) is 0.411. The van der Waals surface area contributed by atoms with E-state index < -0.39 is 0 Å². The van der Waals surface area contributed by atoms with Crippen LogP contribution in [0.1, 0.15) is 1.37 Å². The fraction of sp³-hybridized carbons (Fsp3) is 0. The summed E-state index contributed by atoms with van der Waals surface area (Å²) in [5.74, 6) is 0. The van der Waals surface area contributed by atoms with Crippen LogP contribution in [-0.2, 0) is 11.8 Å². The van der Waals surface area contributed by atoms with Gasteiger partial charge in [-0.2, -0.15) is 0 Å². The maximum Gasteiger partial charge on any atom is 0.125 e. The number of terminal acetylenes is 1. The lowest BCUT2D eigenvalue weighted by Crippen LogP contribution is -1.03. The molecular formula is C2HPS. The van der Waals surface area contributed by atoms with E-state index in [0.717, 1.165) is 0 Å². The zero-order valence-corrected chi connectivity index (χ0v) is 3.57. The Balaban J connectivity index is 3.16. The van der Waals surface area contributed by atoms with Crippen molar-refractivity contribution in [2.75, 3.05) is 0 Å². The Labute approximate surface area is 33.5 Å². The van der Waals surface area contributed by atoms with Gasteiger partial charge in [0.25, 0.3) is 0 Å². The van der Waals surface area contributed by atoms with E-state index in [9.17, 15) is 0 Å². The fourth-order valence-corrected chi connectivity index (χ4v) is 0. The second-order valence-electron chi connectivity index (χ2n) is 0.203. The molecule has 0 fully saturated rings. The summed E-state index contributed by atoms with van der Waals surface area (Å²) in [5, 5.41) is 0. The summed E-state index contributed by atoms with van der Waals surface area (Å²) in [6, 6.07) is 0. The lowest BCUT2D eigenvalue weighted by Gasteiger charge is -1.32. The first kappa shape index (κ1) is 2.33. The largest absolute Gasteiger partial charge is 0.125 e. The average molecular weight is 90.1 g/mol. The van der Waals surface area contributed by atoms with Crippen LogP contribution in [0.25, 0.3) is 0 Å². The highest BCUT2D eigenvalue weighted by Crippen LogP contribution is 1.77. The molecule has 0 aromatic rings. The van der Waals surface area contributed by atoms with Crippen LogP contribution in [0.2, 0.25) is 0 Å². The number of rotatable bonds is 0. The van der Waals surface area contributed by atoms with E-state index in [1.165, 1.54) is 0 Å². The van der Waals surface area contributed by atoms with Crippen LogP contribution in [0.15, 0.2) is 0 Å². The van der Waals surface area contributed by atoms with Crippen molar-refractivity contribution in [2.45, 2.75) is 0 Å². The van der Waals surface area contributed by atoms with Crippen molar-refractivity contribution >= 4 is 19.2 Å². The third-order valence-electron chi connectivity index (χ3n) is 0.0456. The lowest BCUT2D eigenvalue weighted by atomic mass is 11.4. The van der Waals surface area contributed by atoms with Crippen molar-refractivity contribution < 1.29 is 1.37 Å². The summed E-state index contributed by atoms with van der Waals surface area (Å²) >= 11 is 4.33. The molecule has 0 aromatic heterocycles. The van der Waals surface area contributed by atoms with Gasteiger partial charge < -0.3 is 0 Å². The Morgan fingerprint density at radius 1 is 2.50 bits per heavy atom. The van der Waals surface area contributed by atoms with E-state index in [2.05, 4.69) is 17.5 Å². The highest BCUT2D eigenvalue weighted by molar-refractivity contribution is 7.98. The Bertz CT molecular complexity index is 79.4. The molecule has 0 aromatic carbocycles. The van der Waals surface area contributed by atoms with Gasteiger partial charge in [0.05, 0.1) is 7.36 Å². The van der Waals surface area contributed by atoms with Crippen LogP contribution in [0.5, 0.6) is 0 Å². The molecule has 0 N–H and O–H groups in total. The van der Waals surface area contributed by atoms with Crippen LogP contribution in [0, 0.1) is 12.1 Å². The second kappa shape index (κ2) is 3.08. The smallest absolute Gasteiger partial charge is 0.109 e. The van der Waals surface area contributed by atoms with Crippen LogP contribution in [0.3, 0.4) is 0 Å². The minimum atomic E-state index is 0.564. The van der Waals surface area contributed by atoms with Crippen molar-refractivity contribution in [2.24, 2.45) is 0 Å². The van der Waals surface area contributed by atoms with Gasteiger partial charge >= 0.3 is 0 Å². The van der Waals surface area contributed by atoms with Gasteiger partial charge in [-0.3, -0.25) is 0 Å². The predicted molar refractivity (Wildman–Crippen MR) is 23.1 cm³/mol. The van der Waals surface area contributed by atoms with Gasteiger partial charge in [0, 0.05) is 0 Å². The highest BCUT2D eigenvalue weighted by Gasteiger charge is 1.32. The Kier molecular flexibility index (Phi) is 1.79. The molecule has 0 aliphatic heterocycles. The molecule has 0 nitrogen and oxygen atoms in total. The number of hydrogen-bond donors (Lipinski definition) is 0. The zero-order valence-electron chi connectivity index (χ0n) is 2.86. The molecule has 0 amide bonds. The molecule has 0 heterocycles. The molecule has 0 atom stereocenters. The highest BCUT2D eigenvalue weighted by atomic mass is 32.4. The van der Waals surface area contributed by atoms with Gasteiger partial charge in [-0.1, -0.05) is 0 Å². The molecule has 2 heteroatoms. The molecule has 0 unspecified atom stereocenters. The van der Waals surface area contributed by atoms with Gasteiger partial charge in [-0.15, -0.1) is 6.40 Å². The first-order chi connectivity index (χ1) is 2.41. The van der Waals surface area contributed by atoms with Crippen molar-refractivity contribution in [3.05, 3.63) is 0 Å². The van der Waals surface area contributed by atoms with Gasteiger partial charge in [0.15, 0.2) is 0 Å². The van der Waals surface area contributed by atoms with Gasteiger partial charge in [-0.25, -0.2) is 0 Å². The molecule has 0 aliphatic rings. The summed E-state index contributed by atoms with van der Waals surface area (Å²) in [4.78, 5) is 0. The van der Waals surface area contributed by atoms with E-state index in [1.54, 1.807) is 0 Å². The fourth-order valence-electron chi connectivity index (χ4n) is 0.